The molecule has 1 saturated carbocycles. The van der Waals surface area contributed by atoms with Gasteiger partial charge in [-0.25, -0.2) is 0 Å². The fourth-order valence-electron chi connectivity index (χ4n) is 3.50. The zero-order valence-corrected chi connectivity index (χ0v) is 14.6. The molecular formula is C22H26O3. The molecule has 1 aliphatic rings. The van der Waals surface area contributed by atoms with Crippen LogP contribution in [0, 0.1) is 0 Å². The first kappa shape index (κ1) is 17.8. The zero-order chi connectivity index (χ0) is 17.5. The molecule has 3 heteroatoms. The Balaban J connectivity index is 1.72. The molecular weight excluding hydrogens is 312 g/mol. The molecule has 0 radical (unpaired) electrons. The fourth-order valence-corrected chi connectivity index (χ4v) is 3.50. The molecule has 132 valence electrons. The maximum atomic E-state index is 12.0. The molecule has 1 fully saturated rings. The summed E-state index contributed by atoms with van der Waals surface area (Å²) in [5.74, 6) is 0.174. The van der Waals surface area contributed by atoms with Crippen LogP contribution in [0.3, 0.4) is 0 Å². The van der Waals surface area contributed by atoms with E-state index in [1.165, 1.54) is 0 Å². The topological polar surface area (TPSA) is 46.5 Å². The number of ketones is 1. The van der Waals surface area contributed by atoms with Crippen molar-refractivity contribution in [2.45, 2.75) is 50.2 Å². The summed E-state index contributed by atoms with van der Waals surface area (Å²) in [5.41, 5.74) is 1.11. The van der Waals surface area contributed by atoms with Crippen molar-refractivity contribution in [1.82, 2.24) is 0 Å². The smallest absolute Gasteiger partial charge is 0.161 e. The van der Waals surface area contributed by atoms with Crippen LogP contribution < -0.4 is 0 Å². The molecule has 1 N–H and O–H groups in total. The Hall–Kier alpha value is -1.97. The molecule has 2 aromatic carbocycles. The highest BCUT2D eigenvalue weighted by atomic mass is 16.5. The first-order chi connectivity index (χ1) is 12.1. The SMILES string of the molecule is O=C1CCCCC1OCC(O)(Cc1ccccc1)Cc1ccccc1. The molecule has 25 heavy (non-hydrogen) atoms. The van der Waals surface area contributed by atoms with Crippen molar-refractivity contribution in [3.05, 3.63) is 71.8 Å². The minimum atomic E-state index is -1.03. The van der Waals surface area contributed by atoms with Crippen LogP contribution in [-0.2, 0) is 22.4 Å². The van der Waals surface area contributed by atoms with Crippen LogP contribution in [0.4, 0.5) is 0 Å². The van der Waals surface area contributed by atoms with Gasteiger partial charge < -0.3 is 9.84 Å². The summed E-state index contributed by atoms with van der Waals surface area (Å²) in [5, 5.41) is 11.3. The van der Waals surface area contributed by atoms with Crippen molar-refractivity contribution in [3.63, 3.8) is 0 Å². The Morgan fingerprint density at radius 3 is 2.00 bits per heavy atom. The Kier molecular flexibility index (Phi) is 6.00. The second-order valence-electron chi connectivity index (χ2n) is 7.06. The Labute approximate surface area is 149 Å². The molecule has 0 heterocycles. The van der Waals surface area contributed by atoms with Gasteiger partial charge in [0.2, 0.25) is 0 Å². The van der Waals surface area contributed by atoms with Gasteiger partial charge in [0.25, 0.3) is 0 Å². The third-order valence-electron chi connectivity index (χ3n) is 4.80. The maximum absolute atomic E-state index is 12.0. The van der Waals surface area contributed by atoms with E-state index in [4.69, 9.17) is 4.74 Å². The van der Waals surface area contributed by atoms with Crippen molar-refractivity contribution in [2.75, 3.05) is 6.61 Å². The number of carbonyl (C=O) groups is 1. The number of hydrogen-bond acceptors (Lipinski definition) is 3. The summed E-state index contributed by atoms with van der Waals surface area (Å²) >= 11 is 0. The first-order valence-corrected chi connectivity index (χ1v) is 9.09. The summed E-state index contributed by atoms with van der Waals surface area (Å²) in [6.45, 7) is 0.174. The lowest BCUT2D eigenvalue weighted by molar-refractivity contribution is -0.139. The number of Topliss-reactive ketones (excluding diaryl/α,β-unsaturated/α-hetero) is 1. The molecule has 0 amide bonds. The minimum Gasteiger partial charge on any atom is -0.387 e. The first-order valence-electron chi connectivity index (χ1n) is 9.09. The molecule has 3 nitrogen and oxygen atoms in total. The van der Waals surface area contributed by atoms with Crippen LogP contribution in [0.5, 0.6) is 0 Å². The maximum Gasteiger partial charge on any atom is 0.161 e. The molecule has 3 rings (SSSR count). The van der Waals surface area contributed by atoms with Gasteiger partial charge in [-0.3, -0.25) is 4.79 Å². The predicted molar refractivity (Wildman–Crippen MR) is 98.5 cm³/mol. The van der Waals surface area contributed by atoms with E-state index in [1.807, 2.05) is 60.7 Å². The van der Waals surface area contributed by atoms with E-state index in [0.29, 0.717) is 19.3 Å². The van der Waals surface area contributed by atoms with E-state index in [9.17, 15) is 9.90 Å². The molecule has 0 spiro atoms. The lowest BCUT2D eigenvalue weighted by Crippen LogP contribution is -2.42. The second-order valence-corrected chi connectivity index (χ2v) is 7.06. The van der Waals surface area contributed by atoms with Gasteiger partial charge in [0.05, 0.1) is 12.2 Å². The van der Waals surface area contributed by atoms with Gasteiger partial charge in [0.15, 0.2) is 5.78 Å². The molecule has 1 aliphatic carbocycles. The van der Waals surface area contributed by atoms with Crippen LogP contribution in [0.25, 0.3) is 0 Å². The standard InChI is InChI=1S/C22H26O3/c23-20-13-7-8-14-21(20)25-17-22(24,15-18-9-3-1-4-10-18)16-19-11-5-2-6-12-19/h1-6,9-12,21,24H,7-8,13-17H2. The minimum absolute atomic E-state index is 0.174. The largest absolute Gasteiger partial charge is 0.387 e. The highest BCUT2D eigenvalue weighted by Crippen LogP contribution is 2.23. The normalized spacial score (nSPS) is 18.3. The molecule has 0 aliphatic heterocycles. The number of benzene rings is 2. The average Bonchev–Trinajstić information content (AvgIpc) is 2.63. The van der Waals surface area contributed by atoms with Gasteiger partial charge in [-0.2, -0.15) is 0 Å². The molecule has 0 aromatic heterocycles. The zero-order valence-electron chi connectivity index (χ0n) is 14.6. The molecule has 0 saturated heterocycles. The third-order valence-corrected chi connectivity index (χ3v) is 4.80. The molecule has 1 unspecified atom stereocenters. The van der Waals surface area contributed by atoms with Crippen molar-refractivity contribution in [1.29, 1.82) is 0 Å². The van der Waals surface area contributed by atoms with Gasteiger partial charge in [0.1, 0.15) is 6.10 Å². The van der Waals surface area contributed by atoms with Crippen molar-refractivity contribution < 1.29 is 14.6 Å². The van der Waals surface area contributed by atoms with Crippen LogP contribution in [0.2, 0.25) is 0 Å². The Morgan fingerprint density at radius 1 is 0.920 bits per heavy atom. The predicted octanol–water partition coefficient (Wildman–Crippen LogP) is 3.73. The van der Waals surface area contributed by atoms with Crippen LogP contribution in [0.15, 0.2) is 60.7 Å². The van der Waals surface area contributed by atoms with E-state index in [2.05, 4.69) is 0 Å². The highest BCUT2D eigenvalue weighted by molar-refractivity contribution is 5.83. The summed E-state index contributed by atoms with van der Waals surface area (Å²) in [7, 11) is 0. The van der Waals surface area contributed by atoms with E-state index in [-0.39, 0.29) is 18.5 Å². The van der Waals surface area contributed by atoms with E-state index >= 15 is 0 Å². The van der Waals surface area contributed by atoms with E-state index in [0.717, 1.165) is 30.4 Å². The Morgan fingerprint density at radius 2 is 1.48 bits per heavy atom. The number of hydrogen-bond donors (Lipinski definition) is 1. The molecule has 1 atom stereocenters. The van der Waals surface area contributed by atoms with Gasteiger partial charge in [0, 0.05) is 19.3 Å². The van der Waals surface area contributed by atoms with Gasteiger partial charge >= 0.3 is 0 Å². The molecule has 2 aromatic rings. The van der Waals surface area contributed by atoms with Gasteiger partial charge in [-0.15, -0.1) is 0 Å². The number of rotatable bonds is 7. The highest BCUT2D eigenvalue weighted by Gasteiger charge is 2.31. The van der Waals surface area contributed by atoms with Gasteiger partial charge in [-0.05, 0) is 30.4 Å². The van der Waals surface area contributed by atoms with Crippen LogP contribution in [-0.4, -0.2) is 29.2 Å². The number of carbonyl (C=O) groups excluding carboxylic acids is 1. The summed E-state index contributed by atoms with van der Waals surface area (Å²) in [6.07, 6.45) is 3.99. The van der Waals surface area contributed by atoms with Crippen molar-refractivity contribution >= 4 is 5.78 Å². The number of aliphatic hydroxyl groups is 1. The van der Waals surface area contributed by atoms with Gasteiger partial charge in [-0.1, -0.05) is 60.7 Å². The van der Waals surface area contributed by atoms with Crippen LogP contribution in [0.1, 0.15) is 36.8 Å². The van der Waals surface area contributed by atoms with E-state index in [1.54, 1.807) is 0 Å². The summed E-state index contributed by atoms with van der Waals surface area (Å²) in [6, 6.07) is 19.9. The fraction of sp³-hybridized carbons (Fsp3) is 0.409. The van der Waals surface area contributed by atoms with Crippen LogP contribution >= 0.6 is 0 Å². The number of ether oxygens (including phenoxy) is 1. The average molecular weight is 338 g/mol. The lowest BCUT2D eigenvalue weighted by Gasteiger charge is -2.31. The monoisotopic (exact) mass is 338 g/mol. The summed E-state index contributed by atoms with van der Waals surface area (Å²) in [4.78, 5) is 12.0. The summed E-state index contributed by atoms with van der Waals surface area (Å²) < 4.78 is 5.91. The van der Waals surface area contributed by atoms with Crippen molar-refractivity contribution in [3.8, 4) is 0 Å². The van der Waals surface area contributed by atoms with Crippen molar-refractivity contribution in [2.24, 2.45) is 0 Å². The third kappa shape index (κ3) is 5.25. The van der Waals surface area contributed by atoms with E-state index < -0.39 is 5.60 Å². The lowest BCUT2D eigenvalue weighted by atomic mass is 9.88. The second kappa shape index (κ2) is 8.41. The quantitative estimate of drug-likeness (QED) is 0.837. The Bertz CT molecular complexity index is 625. The molecule has 0 bridgehead atoms.